The molecule has 0 amide bonds. The van der Waals surface area contributed by atoms with Crippen molar-refractivity contribution in [1.82, 2.24) is 9.47 Å². The lowest BCUT2D eigenvalue weighted by Gasteiger charge is -2.41. The third-order valence-electron chi connectivity index (χ3n) is 7.67. The number of benzene rings is 2. The summed E-state index contributed by atoms with van der Waals surface area (Å²) in [6.45, 7) is 9.51. The van der Waals surface area contributed by atoms with E-state index in [2.05, 4.69) is 65.8 Å². The summed E-state index contributed by atoms with van der Waals surface area (Å²) < 4.78 is 2.73. The van der Waals surface area contributed by atoms with Gasteiger partial charge in [-0.15, -0.1) is 0 Å². The van der Waals surface area contributed by atoms with Gasteiger partial charge in [0.2, 0.25) is 0 Å². The molecule has 1 aromatic heterocycles. The lowest BCUT2D eigenvalue weighted by atomic mass is 9.82. The van der Waals surface area contributed by atoms with Crippen molar-refractivity contribution in [2.75, 3.05) is 19.6 Å². The van der Waals surface area contributed by atoms with Gasteiger partial charge in [-0.1, -0.05) is 35.9 Å². The van der Waals surface area contributed by atoms with Crippen LogP contribution in [0, 0.1) is 19.8 Å². The second-order valence-corrected chi connectivity index (χ2v) is 9.60. The van der Waals surface area contributed by atoms with Crippen molar-refractivity contribution in [3.8, 4) is 0 Å². The summed E-state index contributed by atoms with van der Waals surface area (Å²) in [4.78, 5) is 2.76. The van der Waals surface area contributed by atoms with Gasteiger partial charge in [0.1, 0.15) is 0 Å². The van der Waals surface area contributed by atoms with Crippen LogP contribution in [0.25, 0.3) is 10.9 Å². The Morgan fingerprint density at radius 1 is 0.929 bits per heavy atom. The minimum Gasteiger partial charge on any atom is -0.344 e. The molecule has 4 atom stereocenters. The van der Waals surface area contributed by atoms with E-state index in [1.54, 1.807) is 16.6 Å². The summed E-state index contributed by atoms with van der Waals surface area (Å²) in [7, 11) is 0. The minimum absolute atomic E-state index is 0.728. The van der Waals surface area contributed by atoms with E-state index in [-0.39, 0.29) is 0 Å². The summed E-state index contributed by atoms with van der Waals surface area (Å²) in [6.07, 6.45) is 3.94. The third-order valence-corrected chi connectivity index (χ3v) is 7.67. The van der Waals surface area contributed by atoms with E-state index in [1.165, 1.54) is 54.7 Å². The van der Waals surface area contributed by atoms with Crippen LogP contribution in [-0.4, -0.2) is 29.1 Å². The molecule has 144 valence electrons. The van der Waals surface area contributed by atoms with E-state index in [9.17, 15) is 0 Å². The first kappa shape index (κ1) is 16.9. The summed E-state index contributed by atoms with van der Waals surface area (Å²) in [5.41, 5.74) is 9.21. The van der Waals surface area contributed by atoms with Gasteiger partial charge in [-0.2, -0.15) is 0 Å². The molecule has 2 fully saturated rings. The van der Waals surface area contributed by atoms with Gasteiger partial charge in [0.05, 0.1) is 0 Å². The Kier molecular flexibility index (Phi) is 3.74. The van der Waals surface area contributed by atoms with Gasteiger partial charge in [-0.05, 0) is 73.8 Å². The molecule has 0 saturated carbocycles. The molecule has 4 heterocycles. The van der Waals surface area contributed by atoms with Gasteiger partial charge in [0, 0.05) is 48.7 Å². The second kappa shape index (κ2) is 6.22. The van der Waals surface area contributed by atoms with E-state index in [4.69, 9.17) is 0 Å². The highest BCUT2D eigenvalue weighted by Gasteiger charge is 2.43. The maximum Gasteiger partial charge on any atom is 0.0485 e. The van der Waals surface area contributed by atoms with E-state index in [0.717, 1.165) is 30.7 Å². The fourth-order valence-corrected chi connectivity index (χ4v) is 6.57. The lowest BCUT2D eigenvalue weighted by Crippen LogP contribution is -2.44. The Labute approximate surface area is 168 Å². The average molecular weight is 371 g/mol. The van der Waals surface area contributed by atoms with Crippen LogP contribution in [-0.2, 0) is 13.0 Å². The smallest absolute Gasteiger partial charge is 0.0485 e. The normalized spacial score (nSPS) is 27.9. The van der Waals surface area contributed by atoms with Crippen molar-refractivity contribution in [3.63, 3.8) is 0 Å². The van der Waals surface area contributed by atoms with Crippen LogP contribution < -0.4 is 0 Å². The molecule has 4 aliphatic rings. The van der Waals surface area contributed by atoms with Gasteiger partial charge >= 0.3 is 0 Å². The molecule has 1 aliphatic carbocycles. The molecule has 7 rings (SSSR count). The quantitative estimate of drug-likeness (QED) is 0.599. The zero-order valence-electron chi connectivity index (χ0n) is 17.1. The second-order valence-electron chi connectivity index (χ2n) is 9.60. The minimum atomic E-state index is 0.728. The van der Waals surface area contributed by atoms with Crippen molar-refractivity contribution in [2.45, 2.75) is 51.5 Å². The molecule has 0 radical (unpaired) electrons. The topological polar surface area (TPSA) is 8.17 Å². The molecule has 2 nitrogen and oxygen atoms in total. The standard InChI is InChI=1S/C26H30N2/c1-17-7-8-24-23(11-17)25-21-12-19-13-22(16-27(14-19)15-21)26(25)28(24)10-9-20-6-4-3-5-18(20)2/h3-8,11,19,21-22H,9-10,12-16H2,1-2H3/t19?,21-,22-/m1/s1. The Bertz CT molecular complexity index is 1050. The van der Waals surface area contributed by atoms with Crippen LogP contribution in [0.1, 0.15) is 52.6 Å². The molecule has 2 saturated heterocycles. The molecule has 4 bridgehead atoms. The number of piperidine rings is 2. The largest absolute Gasteiger partial charge is 0.344 e. The van der Waals surface area contributed by atoms with E-state index < -0.39 is 0 Å². The maximum absolute atomic E-state index is 2.76. The Morgan fingerprint density at radius 3 is 2.61 bits per heavy atom. The lowest BCUT2D eigenvalue weighted by molar-refractivity contribution is 0.103. The summed E-state index contributed by atoms with van der Waals surface area (Å²) in [6, 6.07) is 16.1. The van der Waals surface area contributed by atoms with E-state index in [0.29, 0.717) is 0 Å². The molecule has 2 unspecified atom stereocenters. The van der Waals surface area contributed by atoms with E-state index in [1.807, 2.05) is 0 Å². The maximum atomic E-state index is 2.76. The van der Waals surface area contributed by atoms with Crippen molar-refractivity contribution in [3.05, 3.63) is 70.4 Å². The first-order valence-corrected chi connectivity index (χ1v) is 11.1. The highest BCUT2D eigenvalue weighted by Crippen LogP contribution is 2.50. The monoisotopic (exact) mass is 370 g/mol. The van der Waals surface area contributed by atoms with Crippen LogP contribution >= 0.6 is 0 Å². The molecular formula is C26H30N2. The van der Waals surface area contributed by atoms with Crippen LogP contribution in [0.3, 0.4) is 0 Å². The Balaban J connectivity index is 1.51. The van der Waals surface area contributed by atoms with Gasteiger partial charge in [0.25, 0.3) is 0 Å². The van der Waals surface area contributed by atoms with Crippen molar-refractivity contribution < 1.29 is 0 Å². The number of hydrogen-bond donors (Lipinski definition) is 0. The predicted octanol–water partition coefficient (Wildman–Crippen LogP) is 5.41. The fraction of sp³-hybridized carbons (Fsp3) is 0.462. The summed E-state index contributed by atoms with van der Waals surface area (Å²) >= 11 is 0. The average Bonchev–Trinajstić information content (AvgIpc) is 2.89. The highest BCUT2D eigenvalue weighted by atomic mass is 15.2. The SMILES string of the molecule is Cc1ccc2c(c1)c1c(n2CCc2ccccc2C)[C@@H]2CC3C[C@@H]1CN(C3)C2. The van der Waals surface area contributed by atoms with Gasteiger partial charge in [0.15, 0.2) is 0 Å². The van der Waals surface area contributed by atoms with E-state index >= 15 is 0 Å². The molecule has 2 heteroatoms. The molecule has 0 spiro atoms. The number of nitrogens with zero attached hydrogens (tertiary/aromatic N) is 2. The first-order chi connectivity index (χ1) is 13.7. The predicted molar refractivity (Wildman–Crippen MR) is 116 cm³/mol. The van der Waals surface area contributed by atoms with Crippen LogP contribution in [0.2, 0.25) is 0 Å². The number of hydrogen-bond acceptors (Lipinski definition) is 1. The Hall–Kier alpha value is -2.06. The van der Waals surface area contributed by atoms with Crippen molar-refractivity contribution in [1.29, 1.82) is 0 Å². The summed E-state index contributed by atoms with van der Waals surface area (Å²) in [5.74, 6) is 2.38. The molecule has 0 N–H and O–H groups in total. The number of fused-ring (bicyclic) bond motifs is 1. The first-order valence-electron chi connectivity index (χ1n) is 11.1. The zero-order chi connectivity index (χ0) is 18.8. The van der Waals surface area contributed by atoms with Gasteiger partial charge < -0.3 is 9.47 Å². The van der Waals surface area contributed by atoms with Crippen molar-refractivity contribution in [2.24, 2.45) is 5.92 Å². The fourth-order valence-electron chi connectivity index (χ4n) is 6.57. The number of aromatic nitrogens is 1. The van der Waals surface area contributed by atoms with Gasteiger partial charge in [-0.25, -0.2) is 0 Å². The molecule has 28 heavy (non-hydrogen) atoms. The Morgan fingerprint density at radius 2 is 1.75 bits per heavy atom. The highest BCUT2D eigenvalue weighted by molar-refractivity contribution is 5.87. The van der Waals surface area contributed by atoms with Crippen LogP contribution in [0.5, 0.6) is 0 Å². The molecule has 2 aromatic carbocycles. The number of rotatable bonds is 3. The zero-order valence-corrected chi connectivity index (χ0v) is 17.1. The molecule has 3 aromatic rings. The van der Waals surface area contributed by atoms with Crippen molar-refractivity contribution >= 4 is 10.9 Å². The summed E-state index contributed by atoms with van der Waals surface area (Å²) in [5, 5.41) is 1.55. The molecule has 3 aliphatic heterocycles. The van der Waals surface area contributed by atoms with Crippen LogP contribution in [0.4, 0.5) is 0 Å². The molecular weight excluding hydrogens is 340 g/mol. The third kappa shape index (κ3) is 2.50. The van der Waals surface area contributed by atoms with Crippen LogP contribution in [0.15, 0.2) is 42.5 Å². The number of aryl methyl sites for hydroxylation is 4. The van der Waals surface area contributed by atoms with Gasteiger partial charge in [-0.3, -0.25) is 0 Å².